The highest BCUT2D eigenvalue weighted by Gasteiger charge is 2.33. The molecule has 2 aliphatic rings. The number of hydrogen-bond acceptors (Lipinski definition) is 14. The number of carbonyl (C=O) groups is 4. The summed E-state index contributed by atoms with van der Waals surface area (Å²) in [5, 5.41) is 7.17. The third-order valence-corrected chi connectivity index (χ3v) is 16.7. The van der Waals surface area contributed by atoms with E-state index in [0.29, 0.717) is 35.2 Å². The molecule has 1 atom stereocenters. The van der Waals surface area contributed by atoms with Crippen molar-refractivity contribution in [3.63, 3.8) is 0 Å². The molecule has 0 fully saturated rings. The molecule has 0 saturated heterocycles. The molecule has 8 bridgehead atoms. The van der Waals surface area contributed by atoms with Gasteiger partial charge in [-0.2, -0.15) is 5.10 Å². The van der Waals surface area contributed by atoms with Gasteiger partial charge in [-0.15, -0.1) is 0 Å². The van der Waals surface area contributed by atoms with Crippen LogP contribution in [0.25, 0.3) is 0 Å². The number of hydrogen-bond donors (Lipinski definition) is 0. The smallest absolute Gasteiger partial charge is 0.349 e. The Hall–Kier alpha value is -8.91. The van der Waals surface area contributed by atoms with Crippen LogP contribution in [0, 0.1) is 0 Å². The van der Waals surface area contributed by atoms with Crippen molar-refractivity contribution >= 4 is 35.3 Å². The van der Waals surface area contributed by atoms with E-state index in [0.717, 1.165) is 89.3 Å². The normalized spacial score (nSPS) is 14.2. The number of fused-ring (bicyclic) bond motifs is 8. The van der Waals surface area contributed by atoms with Crippen LogP contribution in [-0.2, 0) is 80.7 Å². The second-order valence-corrected chi connectivity index (χ2v) is 28.1. The molecule has 14 heteroatoms. The zero-order chi connectivity index (χ0) is 67.0. The first-order chi connectivity index (χ1) is 44.1. The Labute approximate surface area is 549 Å². The molecule has 7 aromatic rings. The lowest BCUT2D eigenvalue weighted by atomic mass is 9.79. The number of benzene rings is 7. The Balaban J connectivity index is 1.23. The number of hydrazone groups is 1. The van der Waals surface area contributed by atoms with Gasteiger partial charge in [-0.3, -0.25) is 5.01 Å². The molecule has 490 valence electrons. The summed E-state index contributed by atoms with van der Waals surface area (Å²) in [6.45, 7) is 30.1. The summed E-state index contributed by atoms with van der Waals surface area (Å²) in [5.41, 5.74) is 12.5. The number of anilines is 1. The number of para-hydroxylation sites is 1. The van der Waals surface area contributed by atoms with Gasteiger partial charge in [-0.05, 0) is 145 Å². The Morgan fingerprint density at radius 2 is 0.710 bits per heavy atom. The second kappa shape index (κ2) is 28.9. The minimum atomic E-state index is -0.620. The third-order valence-electron chi connectivity index (χ3n) is 16.7. The molecule has 1 aliphatic carbocycles. The maximum Gasteiger partial charge on any atom is 0.349 e. The van der Waals surface area contributed by atoms with Crippen LogP contribution in [0.3, 0.4) is 0 Å². The van der Waals surface area contributed by atoms with Crippen LogP contribution in [0.4, 0.5) is 5.69 Å². The maximum absolute atomic E-state index is 14.5. The first kappa shape index (κ1) is 68.5. The average molecular weight is 1260 g/mol. The van der Waals surface area contributed by atoms with Crippen molar-refractivity contribution in [2.24, 2.45) is 5.10 Å². The molecule has 0 amide bonds. The van der Waals surface area contributed by atoms with Gasteiger partial charge >= 0.3 is 23.9 Å². The largest absolute Gasteiger partial charge is 0.481 e. The predicted octanol–water partition coefficient (Wildman–Crippen LogP) is 15.7. The second-order valence-electron chi connectivity index (χ2n) is 28.1. The van der Waals surface area contributed by atoms with Crippen LogP contribution in [0.1, 0.15) is 194 Å². The zero-order valence-corrected chi connectivity index (χ0v) is 57.1. The third kappa shape index (κ3) is 17.2. The first-order valence-corrected chi connectivity index (χ1v) is 32.5. The molecule has 14 nitrogen and oxygen atoms in total. The summed E-state index contributed by atoms with van der Waals surface area (Å²) >= 11 is 0. The van der Waals surface area contributed by atoms with E-state index >= 15 is 0 Å². The molecule has 1 heterocycles. The molecule has 0 radical (unpaired) electrons. The standard InChI is InChI=1S/C79H92N2O12/c1-16-86-68(82)46-89-72-52-33-54-39-61(77(7,8)9)41-56(73(54)90-47-69(83)87-17-2)35-58-43-63(79(13,14)15)44-59(36-57-42-62(78(10,11)12)40-55(74(57)91-48-70(84)88-18-3)34-53(72)38-60(37-52)76(4,5)6)75(58)92-49-71(85)93-65-31-29-51(30-32-65)67-45-66(50-25-21-19-22-26-50)80-81(67)64-27-23-20-24-28-64/h19-32,37-44,67H,16-18,33-36,45-49H2,1-15H3. The Kier molecular flexibility index (Phi) is 21.3. The van der Waals surface area contributed by atoms with Gasteiger partial charge in [0.2, 0.25) is 0 Å². The van der Waals surface area contributed by atoms with Gasteiger partial charge < -0.3 is 37.9 Å². The fraction of sp³-hybridized carbons (Fsp3) is 0.405. The summed E-state index contributed by atoms with van der Waals surface area (Å²) < 4.78 is 49.9. The molecule has 1 aliphatic heterocycles. The molecule has 7 aromatic carbocycles. The number of esters is 4. The minimum Gasteiger partial charge on any atom is -0.481 e. The molecule has 0 saturated carbocycles. The summed E-state index contributed by atoms with van der Waals surface area (Å²) in [6.07, 6.45) is 1.58. The van der Waals surface area contributed by atoms with Crippen LogP contribution < -0.4 is 28.7 Å². The fourth-order valence-electron chi connectivity index (χ4n) is 11.8. The molecule has 0 aromatic heterocycles. The van der Waals surface area contributed by atoms with Gasteiger partial charge in [0.15, 0.2) is 26.4 Å². The summed E-state index contributed by atoms with van der Waals surface area (Å²) in [5.74, 6) is 0.0231. The lowest BCUT2D eigenvalue weighted by Crippen LogP contribution is -2.21. The van der Waals surface area contributed by atoms with Crippen molar-refractivity contribution in [1.29, 1.82) is 0 Å². The molecule has 0 N–H and O–H groups in total. The van der Waals surface area contributed by atoms with Gasteiger partial charge in [0.25, 0.3) is 0 Å². The quantitative estimate of drug-likeness (QED) is 0.0428. The van der Waals surface area contributed by atoms with Crippen molar-refractivity contribution < 1.29 is 57.1 Å². The van der Waals surface area contributed by atoms with E-state index in [1.54, 1.807) is 20.8 Å². The Morgan fingerprint density at radius 3 is 1.01 bits per heavy atom. The minimum absolute atomic E-state index is 0.111. The first-order valence-electron chi connectivity index (χ1n) is 32.5. The number of carbonyl (C=O) groups excluding carboxylic acids is 4. The number of ether oxygens (including phenoxy) is 8. The zero-order valence-electron chi connectivity index (χ0n) is 57.1. The van der Waals surface area contributed by atoms with Gasteiger partial charge in [0.05, 0.1) is 37.3 Å². The predicted molar refractivity (Wildman–Crippen MR) is 365 cm³/mol. The van der Waals surface area contributed by atoms with Crippen molar-refractivity contribution in [2.75, 3.05) is 51.3 Å². The highest BCUT2D eigenvalue weighted by molar-refractivity contribution is 6.03. The summed E-state index contributed by atoms with van der Waals surface area (Å²) in [4.78, 5) is 54.9. The molecule has 0 spiro atoms. The van der Waals surface area contributed by atoms with E-state index in [2.05, 4.69) is 161 Å². The Morgan fingerprint density at radius 1 is 0.409 bits per heavy atom. The highest BCUT2D eigenvalue weighted by Crippen LogP contribution is 2.45. The van der Waals surface area contributed by atoms with E-state index in [9.17, 15) is 19.2 Å². The number of rotatable bonds is 19. The van der Waals surface area contributed by atoms with E-state index in [4.69, 9.17) is 43.0 Å². The van der Waals surface area contributed by atoms with Crippen molar-refractivity contribution in [3.05, 3.63) is 211 Å². The fourth-order valence-corrected chi connectivity index (χ4v) is 11.8. The van der Waals surface area contributed by atoms with Crippen LogP contribution in [0.5, 0.6) is 28.7 Å². The highest BCUT2D eigenvalue weighted by atomic mass is 16.6. The Bertz CT molecular complexity index is 3720. The van der Waals surface area contributed by atoms with Crippen LogP contribution in [0.2, 0.25) is 0 Å². The lowest BCUT2D eigenvalue weighted by molar-refractivity contribution is -0.146. The topological polar surface area (TPSA) is 158 Å². The van der Waals surface area contributed by atoms with Crippen molar-refractivity contribution in [3.8, 4) is 28.7 Å². The van der Waals surface area contributed by atoms with Gasteiger partial charge in [0.1, 0.15) is 28.7 Å². The average Bonchev–Trinajstić information content (AvgIpc) is 1.42. The molecule has 1 unspecified atom stereocenters. The summed E-state index contributed by atoms with van der Waals surface area (Å²) in [7, 11) is 0. The molecule has 93 heavy (non-hydrogen) atoms. The molecular weight excluding hydrogens is 1170 g/mol. The van der Waals surface area contributed by atoms with Crippen LogP contribution in [-0.4, -0.2) is 75.8 Å². The van der Waals surface area contributed by atoms with E-state index in [1.807, 2.05) is 60.7 Å². The SMILES string of the molecule is CCOC(=O)COc1c2cc(C(C)(C)C)cc1Cc1cc(C(C)(C)C)cc(c1OCC(=O)OCC)Cc1cc(C(C)(C)C)cc(c1OCC(=O)Oc1ccc(C3CC(c4ccccc4)=NN3c3ccccc3)cc1)Cc1cc(C(C)(C)C)cc(c1OCC(=O)OCC)C2. The number of nitrogens with zero attached hydrogens (tertiary/aromatic N) is 2. The van der Waals surface area contributed by atoms with Gasteiger partial charge in [0, 0.05) is 32.1 Å². The van der Waals surface area contributed by atoms with Gasteiger partial charge in [-0.25, -0.2) is 19.2 Å². The van der Waals surface area contributed by atoms with Crippen molar-refractivity contribution in [2.45, 2.75) is 164 Å². The molecule has 9 rings (SSSR count). The maximum atomic E-state index is 14.5. The monoisotopic (exact) mass is 1260 g/mol. The lowest BCUT2D eigenvalue weighted by Gasteiger charge is -2.29. The van der Waals surface area contributed by atoms with Crippen molar-refractivity contribution in [1.82, 2.24) is 0 Å². The van der Waals surface area contributed by atoms with E-state index < -0.39 is 46.7 Å². The summed E-state index contributed by atoms with van der Waals surface area (Å²) in [6, 6.07) is 44.8. The van der Waals surface area contributed by atoms with Crippen LogP contribution >= 0.6 is 0 Å². The van der Waals surface area contributed by atoms with Gasteiger partial charge in [-0.1, -0.05) is 192 Å². The van der Waals surface area contributed by atoms with Crippen LogP contribution in [0.15, 0.2) is 139 Å². The van der Waals surface area contributed by atoms with E-state index in [-0.39, 0.29) is 76.8 Å². The molecular formula is C79H92N2O12. The van der Waals surface area contributed by atoms with E-state index in [1.165, 1.54) is 0 Å².